The summed E-state index contributed by atoms with van der Waals surface area (Å²) in [5.74, 6) is -0.851. The minimum Gasteiger partial charge on any atom is -0.451 e. The van der Waals surface area contributed by atoms with Gasteiger partial charge in [0.2, 0.25) is 0 Å². The zero-order valence-corrected chi connectivity index (χ0v) is 14.8. The fraction of sp³-hybridized carbons (Fsp3) is 0.250. The summed E-state index contributed by atoms with van der Waals surface area (Å²) in [4.78, 5) is 26.5. The van der Waals surface area contributed by atoms with Gasteiger partial charge in [0.05, 0.1) is 5.52 Å². The molecule has 0 spiro atoms. The molecule has 0 bridgehead atoms. The van der Waals surface area contributed by atoms with Gasteiger partial charge in [-0.15, -0.1) is 0 Å². The molecule has 26 heavy (non-hydrogen) atoms. The molecule has 6 nitrogen and oxygen atoms in total. The molecule has 134 valence electrons. The van der Waals surface area contributed by atoms with Crippen molar-refractivity contribution < 1.29 is 14.3 Å². The topological polar surface area (TPSA) is 75.3 Å². The Labute approximate surface area is 151 Å². The predicted molar refractivity (Wildman–Crippen MR) is 98.5 cm³/mol. The Hall–Kier alpha value is -3.15. The average Bonchev–Trinajstić information content (AvgIpc) is 3.09. The van der Waals surface area contributed by atoms with Gasteiger partial charge < -0.3 is 9.64 Å². The van der Waals surface area contributed by atoms with Crippen LogP contribution in [0.25, 0.3) is 10.9 Å². The predicted octanol–water partition coefficient (Wildman–Crippen LogP) is 3.16. The van der Waals surface area contributed by atoms with E-state index >= 15 is 0 Å². The van der Waals surface area contributed by atoms with E-state index in [1.54, 1.807) is 11.0 Å². The molecule has 0 saturated heterocycles. The van der Waals surface area contributed by atoms with Crippen molar-refractivity contribution in [2.45, 2.75) is 26.4 Å². The van der Waals surface area contributed by atoms with E-state index in [0.29, 0.717) is 11.9 Å². The molecular weight excluding hydrogens is 330 g/mol. The van der Waals surface area contributed by atoms with Crippen LogP contribution in [0, 0.1) is 0 Å². The smallest absolute Gasteiger partial charge is 0.359 e. The van der Waals surface area contributed by atoms with E-state index in [-0.39, 0.29) is 24.2 Å². The molecule has 3 aromatic rings. The van der Waals surface area contributed by atoms with Crippen molar-refractivity contribution >= 4 is 22.8 Å². The molecule has 0 atom stereocenters. The second-order valence-corrected chi connectivity index (χ2v) is 6.29. The minimum absolute atomic E-state index is 0.00683. The molecule has 6 heteroatoms. The first-order chi connectivity index (χ1) is 12.6. The molecule has 1 heterocycles. The summed E-state index contributed by atoms with van der Waals surface area (Å²) in [7, 11) is 0. The highest BCUT2D eigenvalue weighted by Gasteiger charge is 2.21. The number of fused-ring (bicyclic) bond motifs is 1. The molecule has 1 amide bonds. The van der Waals surface area contributed by atoms with Crippen LogP contribution in [0.1, 0.15) is 29.9 Å². The summed E-state index contributed by atoms with van der Waals surface area (Å²) in [6.07, 6.45) is 0. The van der Waals surface area contributed by atoms with E-state index < -0.39 is 5.97 Å². The van der Waals surface area contributed by atoms with Gasteiger partial charge in [-0.1, -0.05) is 48.5 Å². The molecule has 0 aliphatic heterocycles. The Balaban J connectivity index is 1.65. The van der Waals surface area contributed by atoms with Crippen LogP contribution in [0.4, 0.5) is 0 Å². The third kappa shape index (κ3) is 3.91. The number of amides is 1. The number of hydrogen-bond acceptors (Lipinski definition) is 4. The van der Waals surface area contributed by atoms with Crippen LogP contribution in [0.3, 0.4) is 0 Å². The Morgan fingerprint density at radius 2 is 1.77 bits per heavy atom. The lowest BCUT2D eigenvalue weighted by Crippen LogP contribution is -2.39. The number of benzene rings is 2. The highest BCUT2D eigenvalue weighted by atomic mass is 16.5. The Bertz CT molecular complexity index is 903. The number of aromatic amines is 1. The summed E-state index contributed by atoms with van der Waals surface area (Å²) < 4.78 is 5.21. The van der Waals surface area contributed by atoms with Crippen molar-refractivity contribution in [3.8, 4) is 0 Å². The van der Waals surface area contributed by atoms with Crippen LogP contribution in [-0.4, -0.2) is 39.6 Å². The first kappa shape index (κ1) is 17.7. The van der Waals surface area contributed by atoms with Gasteiger partial charge in [-0.2, -0.15) is 5.10 Å². The van der Waals surface area contributed by atoms with Crippen LogP contribution in [0.5, 0.6) is 0 Å². The lowest BCUT2D eigenvalue weighted by Gasteiger charge is -2.26. The van der Waals surface area contributed by atoms with Gasteiger partial charge in [0.1, 0.15) is 0 Å². The van der Waals surface area contributed by atoms with E-state index in [1.807, 2.05) is 62.4 Å². The van der Waals surface area contributed by atoms with E-state index in [2.05, 4.69) is 10.2 Å². The average molecular weight is 351 g/mol. The summed E-state index contributed by atoms with van der Waals surface area (Å²) >= 11 is 0. The molecule has 1 aromatic heterocycles. The Morgan fingerprint density at radius 3 is 2.50 bits per heavy atom. The van der Waals surface area contributed by atoms with Gasteiger partial charge in [-0.05, 0) is 25.5 Å². The maximum Gasteiger partial charge on any atom is 0.359 e. The summed E-state index contributed by atoms with van der Waals surface area (Å²) in [6.45, 7) is 4.03. The quantitative estimate of drug-likeness (QED) is 0.692. The zero-order valence-electron chi connectivity index (χ0n) is 14.8. The normalized spacial score (nSPS) is 10.9. The standard InChI is InChI=1S/C20H21N3O3/c1-14(2)23(12-15-8-4-3-5-9-15)18(24)13-26-20(25)19-16-10-6-7-11-17(16)21-22-19/h3-11,14H,12-13H2,1-2H3,(H,21,22). The highest BCUT2D eigenvalue weighted by Crippen LogP contribution is 2.16. The number of ether oxygens (including phenoxy) is 1. The third-order valence-corrected chi connectivity index (χ3v) is 4.13. The monoisotopic (exact) mass is 351 g/mol. The molecule has 0 aliphatic rings. The molecule has 0 saturated carbocycles. The number of aromatic nitrogens is 2. The molecule has 1 N–H and O–H groups in total. The molecule has 0 radical (unpaired) electrons. The van der Waals surface area contributed by atoms with Crippen molar-refractivity contribution in [2.24, 2.45) is 0 Å². The second-order valence-electron chi connectivity index (χ2n) is 6.29. The van der Waals surface area contributed by atoms with E-state index in [1.165, 1.54) is 0 Å². The number of para-hydroxylation sites is 1. The van der Waals surface area contributed by atoms with Gasteiger partial charge >= 0.3 is 5.97 Å². The minimum atomic E-state index is -0.612. The van der Waals surface area contributed by atoms with Crippen LogP contribution in [0.15, 0.2) is 54.6 Å². The summed E-state index contributed by atoms with van der Waals surface area (Å²) in [5, 5.41) is 7.46. The highest BCUT2D eigenvalue weighted by molar-refractivity contribution is 6.02. The Kier molecular flexibility index (Phi) is 5.31. The van der Waals surface area contributed by atoms with E-state index in [0.717, 1.165) is 11.1 Å². The molecular formula is C20H21N3O3. The number of nitrogens with one attached hydrogen (secondary N) is 1. The van der Waals surface area contributed by atoms with Gasteiger partial charge in [0.15, 0.2) is 12.3 Å². The van der Waals surface area contributed by atoms with Crippen LogP contribution < -0.4 is 0 Å². The maximum absolute atomic E-state index is 12.5. The number of hydrogen-bond donors (Lipinski definition) is 1. The fourth-order valence-corrected chi connectivity index (χ4v) is 2.74. The lowest BCUT2D eigenvalue weighted by molar-refractivity contribution is -0.136. The first-order valence-electron chi connectivity index (χ1n) is 8.50. The van der Waals surface area contributed by atoms with Gasteiger partial charge in [-0.25, -0.2) is 4.79 Å². The number of nitrogens with zero attached hydrogens (tertiary/aromatic N) is 2. The Morgan fingerprint density at radius 1 is 1.08 bits per heavy atom. The van der Waals surface area contributed by atoms with Crippen LogP contribution >= 0.6 is 0 Å². The molecule has 0 aliphatic carbocycles. The van der Waals surface area contributed by atoms with Crippen molar-refractivity contribution in [1.29, 1.82) is 0 Å². The third-order valence-electron chi connectivity index (χ3n) is 4.13. The van der Waals surface area contributed by atoms with Crippen molar-refractivity contribution in [2.75, 3.05) is 6.61 Å². The van der Waals surface area contributed by atoms with Crippen molar-refractivity contribution in [3.05, 3.63) is 65.9 Å². The van der Waals surface area contributed by atoms with Crippen molar-refractivity contribution in [3.63, 3.8) is 0 Å². The second kappa shape index (κ2) is 7.82. The van der Waals surface area contributed by atoms with Crippen LogP contribution in [-0.2, 0) is 16.1 Å². The molecule has 0 unspecified atom stereocenters. The molecule has 3 rings (SSSR count). The zero-order chi connectivity index (χ0) is 18.5. The van der Waals surface area contributed by atoms with Gasteiger partial charge in [0.25, 0.3) is 5.91 Å². The number of H-pyrrole nitrogens is 1. The van der Waals surface area contributed by atoms with E-state index in [9.17, 15) is 9.59 Å². The molecule has 2 aromatic carbocycles. The lowest BCUT2D eigenvalue weighted by atomic mass is 10.2. The summed E-state index contributed by atoms with van der Waals surface area (Å²) in [5.41, 5.74) is 1.96. The van der Waals surface area contributed by atoms with Crippen LogP contribution in [0.2, 0.25) is 0 Å². The van der Waals surface area contributed by atoms with E-state index in [4.69, 9.17) is 4.74 Å². The van der Waals surface area contributed by atoms with Gasteiger partial charge in [0, 0.05) is 18.0 Å². The number of rotatable bonds is 6. The maximum atomic E-state index is 12.5. The van der Waals surface area contributed by atoms with Gasteiger partial charge in [-0.3, -0.25) is 9.89 Å². The van der Waals surface area contributed by atoms with Crippen molar-refractivity contribution in [1.82, 2.24) is 15.1 Å². The summed E-state index contributed by atoms with van der Waals surface area (Å²) in [6, 6.07) is 17.0. The number of carbonyl (C=O) groups is 2. The molecule has 0 fully saturated rings. The first-order valence-corrected chi connectivity index (χ1v) is 8.50. The largest absolute Gasteiger partial charge is 0.451 e. The SMILES string of the molecule is CC(C)N(Cc1ccccc1)C(=O)COC(=O)c1n[nH]c2ccccc12. The fourth-order valence-electron chi connectivity index (χ4n) is 2.74. The number of carbonyl (C=O) groups excluding carboxylic acids is 2. The number of esters is 1.